The molecule has 0 radical (unpaired) electrons. The second kappa shape index (κ2) is 3.72. The highest BCUT2D eigenvalue weighted by Crippen LogP contribution is 2.15. The molecule has 1 saturated heterocycles. The van der Waals surface area contributed by atoms with Gasteiger partial charge in [-0.25, -0.2) is 0 Å². The van der Waals surface area contributed by atoms with Crippen LogP contribution in [0.2, 0.25) is 0 Å². The largest absolute Gasteiger partial charge is 0.343 e. The molecular formula is C8H16N2O. The SMILES string of the molecule is CCN1CC(CNC)CC1=O. The molecule has 0 saturated carbocycles. The Morgan fingerprint density at radius 3 is 2.91 bits per heavy atom. The zero-order chi connectivity index (χ0) is 8.27. The van der Waals surface area contributed by atoms with Crippen LogP contribution in [0.5, 0.6) is 0 Å². The van der Waals surface area contributed by atoms with Crippen molar-refractivity contribution in [2.24, 2.45) is 5.92 Å². The molecular weight excluding hydrogens is 140 g/mol. The van der Waals surface area contributed by atoms with Gasteiger partial charge in [-0.2, -0.15) is 0 Å². The summed E-state index contributed by atoms with van der Waals surface area (Å²) in [5.74, 6) is 0.847. The molecule has 1 aliphatic heterocycles. The molecule has 0 aromatic rings. The van der Waals surface area contributed by atoms with Crippen molar-refractivity contribution < 1.29 is 4.79 Å². The highest BCUT2D eigenvalue weighted by molar-refractivity contribution is 5.78. The standard InChI is InChI=1S/C8H16N2O/c1-3-10-6-7(5-9-2)4-8(10)11/h7,9H,3-6H2,1-2H3. The van der Waals surface area contributed by atoms with Crippen LogP contribution in [-0.4, -0.2) is 37.5 Å². The summed E-state index contributed by atoms with van der Waals surface area (Å²) in [7, 11) is 1.93. The van der Waals surface area contributed by atoms with Crippen LogP contribution >= 0.6 is 0 Å². The lowest BCUT2D eigenvalue weighted by Gasteiger charge is -2.12. The number of hydrogen-bond acceptors (Lipinski definition) is 2. The zero-order valence-corrected chi connectivity index (χ0v) is 7.26. The molecule has 1 N–H and O–H groups in total. The zero-order valence-electron chi connectivity index (χ0n) is 7.26. The number of likely N-dealkylation sites (tertiary alicyclic amines) is 1. The van der Waals surface area contributed by atoms with E-state index in [0.717, 1.165) is 26.1 Å². The maximum Gasteiger partial charge on any atom is 0.222 e. The molecule has 0 bridgehead atoms. The summed E-state index contributed by atoms with van der Waals surface area (Å²) in [6.07, 6.45) is 0.731. The average molecular weight is 156 g/mol. The van der Waals surface area contributed by atoms with Crippen LogP contribution in [0.3, 0.4) is 0 Å². The van der Waals surface area contributed by atoms with E-state index >= 15 is 0 Å². The van der Waals surface area contributed by atoms with Crippen LogP contribution in [0.25, 0.3) is 0 Å². The highest BCUT2D eigenvalue weighted by Gasteiger charge is 2.27. The Hall–Kier alpha value is -0.570. The maximum absolute atomic E-state index is 11.2. The number of nitrogens with zero attached hydrogens (tertiary/aromatic N) is 1. The fourth-order valence-corrected chi connectivity index (χ4v) is 1.58. The third kappa shape index (κ3) is 1.93. The van der Waals surface area contributed by atoms with E-state index in [1.165, 1.54) is 0 Å². The lowest BCUT2D eigenvalue weighted by molar-refractivity contribution is -0.127. The first kappa shape index (κ1) is 8.53. The minimum Gasteiger partial charge on any atom is -0.343 e. The van der Waals surface area contributed by atoms with Crippen molar-refractivity contribution in [1.29, 1.82) is 0 Å². The first-order chi connectivity index (χ1) is 5.27. The minimum absolute atomic E-state index is 0.313. The topological polar surface area (TPSA) is 32.3 Å². The molecule has 0 spiro atoms. The predicted octanol–water partition coefficient (Wildman–Crippen LogP) is 0.0742. The fourth-order valence-electron chi connectivity index (χ4n) is 1.58. The summed E-state index contributed by atoms with van der Waals surface area (Å²) < 4.78 is 0. The molecule has 1 rings (SSSR count). The van der Waals surface area contributed by atoms with Crippen molar-refractivity contribution in [2.75, 3.05) is 26.7 Å². The van der Waals surface area contributed by atoms with Crippen molar-refractivity contribution in [3.63, 3.8) is 0 Å². The van der Waals surface area contributed by atoms with Gasteiger partial charge in [0.1, 0.15) is 0 Å². The van der Waals surface area contributed by atoms with Crippen LogP contribution in [0, 0.1) is 5.92 Å². The van der Waals surface area contributed by atoms with Gasteiger partial charge < -0.3 is 10.2 Å². The van der Waals surface area contributed by atoms with Gasteiger partial charge in [0.2, 0.25) is 5.91 Å². The number of nitrogens with one attached hydrogen (secondary N) is 1. The number of carbonyl (C=O) groups is 1. The van der Waals surface area contributed by atoms with Gasteiger partial charge in [-0.3, -0.25) is 4.79 Å². The molecule has 0 aliphatic carbocycles. The fraction of sp³-hybridized carbons (Fsp3) is 0.875. The Bertz CT molecular complexity index is 147. The first-order valence-electron chi connectivity index (χ1n) is 4.20. The second-order valence-corrected chi connectivity index (χ2v) is 3.06. The second-order valence-electron chi connectivity index (χ2n) is 3.06. The molecule has 0 aromatic heterocycles. The van der Waals surface area contributed by atoms with Gasteiger partial charge >= 0.3 is 0 Å². The Balaban J connectivity index is 2.36. The van der Waals surface area contributed by atoms with Gasteiger partial charge in [0.25, 0.3) is 0 Å². The van der Waals surface area contributed by atoms with Crippen molar-refractivity contribution in [3.8, 4) is 0 Å². The van der Waals surface area contributed by atoms with Crippen LogP contribution < -0.4 is 5.32 Å². The van der Waals surface area contributed by atoms with Gasteiger partial charge in [0.15, 0.2) is 0 Å². The first-order valence-corrected chi connectivity index (χ1v) is 4.20. The molecule has 1 fully saturated rings. The summed E-state index contributed by atoms with van der Waals surface area (Å²) in [4.78, 5) is 13.1. The maximum atomic E-state index is 11.2. The summed E-state index contributed by atoms with van der Waals surface area (Å²) in [6, 6.07) is 0. The Kier molecular flexibility index (Phi) is 2.88. The number of carbonyl (C=O) groups excluding carboxylic acids is 1. The highest BCUT2D eigenvalue weighted by atomic mass is 16.2. The van der Waals surface area contributed by atoms with Crippen LogP contribution in [0.4, 0.5) is 0 Å². The molecule has 1 heterocycles. The summed E-state index contributed by atoms with van der Waals surface area (Å²) in [5, 5.41) is 3.10. The van der Waals surface area contributed by atoms with E-state index in [2.05, 4.69) is 5.32 Å². The van der Waals surface area contributed by atoms with Crippen LogP contribution in [-0.2, 0) is 4.79 Å². The number of hydrogen-bond donors (Lipinski definition) is 1. The molecule has 3 nitrogen and oxygen atoms in total. The molecule has 11 heavy (non-hydrogen) atoms. The monoisotopic (exact) mass is 156 g/mol. The van der Waals surface area contributed by atoms with Crippen molar-refractivity contribution in [1.82, 2.24) is 10.2 Å². The van der Waals surface area contributed by atoms with E-state index < -0.39 is 0 Å². The minimum atomic E-state index is 0.313. The van der Waals surface area contributed by atoms with Crippen molar-refractivity contribution in [2.45, 2.75) is 13.3 Å². The van der Waals surface area contributed by atoms with Crippen molar-refractivity contribution in [3.05, 3.63) is 0 Å². The van der Waals surface area contributed by atoms with Gasteiger partial charge in [-0.15, -0.1) is 0 Å². The van der Waals surface area contributed by atoms with E-state index in [0.29, 0.717) is 11.8 Å². The summed E-state index contributed by atoms with van der Waals surface area (Å²) in [6.45, 7) is 4.79. The van der Waals surface area contributed by atoms with Crippen molar-refractivity contribution >= 4 is 5.91 Å². The van der Waals surface area contributed by atoms with E-state index in [9.17, 15) is 4.79 Å². The summed E-state index contributed by atoms with van der Waals surface area (Å²) >= 11 is 0. The molecule has 64 valence electrons. The smallest absolute Gasteiger partial charge is 0.222 e. The van der Waals surface area contributed by atoms with Gasteiger partial charge in [0, 0.05) is 19.5 Å². The van der Waals surface area contributed by atoms with Crippen LogP contribution in [0.1, 0.15) is 13.3 Å². The van der Waals surface area contributed by atoms with E-state index in [4.69, 9.17) is 0 Å². The molecule has 3 heteroatoms. The van der Waals surface area contributed by atoms with E-state index in [-0.39, 0.29) is 0 Å². The van der Waals surface area contributed by atoms with E-state index in [1.807, 2.05) is 18.9 Å². The van der Waals surface area contributed by atoms with Gasteiger partial charge in [-0.1, -0.05) is 0 Å². The lowest BCUT2D eigenvalue weighted by Crippen LogP contribution is -2.26. The third-order valence-corrected chi connectivity index (χ3v) is 2.17. The molecule has 1 amide bonds. The Morgan fingerprint density at radius 1 is 1.73 bits per heavy atom. The molecule has 1 aliphatic rings. The Morgan fingerprint density at radius 2 is 2.45 bits per heavy atom. The third-order valence-electron chi connectivity index (χ3n) is 2.17. The lowest BCUT2D eigenvalue weighted by atomic mass is 10.1. The molecule has 1 unspecified atom stereocenters. The number of rotatable bonds is 3. The number of amides is 1. The molecule has 1 atom stereocenters. The van der Waals surface area contributed by atoms with E-state index in [1.54, 1.807) is 0 Å². The quantitative estimate of drug-likeness (QED) is 0.627. The summed E-state index contributed by atoms with van der Waals surface area (Å²) in [5.41, 5.74) is 0. The predicted molar refractivity (Wildman–Crippen MR) is 44.3 cm³/mol. The normalized spacial score (nSPS) is 24.7. The Labute approximate surface area is 67.8 Å². The van der Waals surface area contributed by atoms with Gasteiger partial charge in [0.05, 0.1) is 0 Å². The molecule has 0 aromatic carbocycles. The van der Waals surface area contributed by atoms with Crippen LogP contribution in [0.15, 0.2) is 0 Å². The average Bonchev–Trinajstić information content (AvgIpc) is 2.32. The van der Waals surface area contributed by atoms with Gasteiger partial charge in [-0.05, 0) is 26.4 Å².